The van der Waals surface area contributed by atoms with Crippen LogP contribution in [0.2, 0.25) is 10.0 Å². The second-order valence-corrected chi connectivity index (χ2v) is 9.48. The number of carbonyl (C=O) groups excluding carboxylic acids is 1. The van der Waals surface area contributed by atoms with E-state index >= 15 is 0 Å². The quantitative estimate of drug-likeness (QED) is 0.0996. The Morgan fingerprint density at radius 1 is 0.949 bits per heavy atom. The number of anilines is 1. The third-order valence-electron chi connectivity index (χ3n) is 5.97. The Balaban J connectivity index is 0.000000395. The maximum absolute atomic E-state index is 10.1. The molecule has 4 rings (SSSR count). The number of ether oxygens (including phenoxy) is 1. The molecule has 4 aromatic rings. The monoisotopic (exact) mass is 564 g/mol. The Morgan fingerprint density at radius 3 is 2.15 bits per heavy atom. The molecule has 0 aliphatic heterocycles. The molecule has 0 aliphatic rings. The second-order valence-electron chi connectivity index (χ2n) is 8.61. The molecule has 39 heavy (non-hydrogen) atoms. The van der Waals surface area contributed by atoms with E-state index in [0.29, 0.717) is 17.1 Å². The third-order valence-corrected chi connectivity index (χ3v) is 6.47. The van der Waals surface area contributed by atoms with E-state index in [-0.39, 0.29) is 6.23 Å². The maximum atomic E-state index is 10.1. The number of aryl methyl sites for hydroxylation is 1. The molecule has 0 aliphatic carbocycles. The summed E-state index contributed by atoms with van der Waals surface area (Å²) in [6.07, 6.45) is 6.60. The summed E-state index contributed by atoms with van der Waals surface area (Å²) in [6, 6.07) is 22.7. The number of benzene rings is 3. The van der Waals surface area contributed by atoms with Crippen LogP contribution in [0.3, 0.4) is 0 Å². The fraction of sp³-hybridized carbons (Fsp3) is 0.226. The molecule has 6 nitrogen and oxygen atoms in total. The van der Waals surface area contributed by atoms with Crippen LogP contribution < -0.4 is 10.6 Å². The van der Waals surface area contributed by atoms with Crippen molar-refractivity contribution in [3.8, 4) is 11.4 Å². The zero-order valence-electron chi connectivity index (χ0n) is 22.4. The van der Waals surface area contributed by atoms with E-state index in [4.69, 9.17) is 32.9 Å². The second kappa shape index (κ2) is 15.9. The predicted molar refractivity (Wildman–Crippen MR) is 162 cm³/mol. The van der Waals surface area contributed by atoms with Crippen LogP contribution in [0.15, 0.2) is 84.9 Å². The van der Waals surface area contributed by atoms with Crippen LogP contribution in [0.25, 0.3) is 11.4 Å². The van der Waals surface area contributed by atoms with Crippen molar-refractivity contribution in [2.24, 2.45) is 0 Å². The van der Waals surface area contributed by atoms with Gasteiger partial charge in [-0.2, -0.15) is 0 Å². The van der Waals surface area contributed by atoms with Crippen LogP contribution >= 0.6 is 23.2 Å². The van der Waals surface area contributed by atoms with E-state index in [1.165, 1.54) is 0 Å². The maximum Gasteiger partial charge on any atom is 0.150 e. The molecule has 1 unspecified atom stereocenters. The van der Waals surface area contributed by atoms with Crippen LogP contribution in [0.5, 0.6) is 0 Å². The molecular weight excluding hydrogens is 531 g/mol. The van der Waals surface area contributed by atoms with Gasteiger partial charge < -0.3 is 15.0 Å². The molecule has 0 fully saturated rings. The lowest BCUT2D eigenvalue weighted by Crippen LogP contribution is -2.22. The summed E-state index contributed by atoms with van der Waals surface area (Å²) in [4.78, 5) is 18.3. The number of methoxy groups -OCH3 is 1. The minimum Gasteiger partial charge on any atom is -0.388 e. The van der Waals surface area contributed by atoms with Crippen molar-refractivity contribution >= 4 is 35.2 Å². The van der Waals surface area contributed by atoms with E-state index in [2.05, 4.69) is 59.0 Å². The molecule has 0 saturated heterocycles. The molecule has 1 aromatic heterocycles. The highest BCUT2D eigenvalue weighted by molar-refractivity contribution is 6.30. The number of rotatable bonds is 11. The van der Waals surface area contributed by atoms with Crippen LogP contribution in [-0.2, 0) is 17.6 Å². The standard InChI is InChI=1S/C24H29ClN4O.C7H5ClO/c1-4-21-22(29-23(28-21)17-10-14-20(26-2)15-11-17)7-5-6-16-27-24(30-3)18-8-12-19(25)13-9-18;8-7-3-1-6(5-9)2-4-7/h5-6,8-15,24,26-27H,4,7,16H2,1-3H3,(H,28,29);1-5H/b6-5-;. The zero-order valence-corrected chi connectivity index (χ0v) is 23.9. The van der Waals surface area contributed by atoms with E-state index in [1.807, 2.05) is 31.3 Å². The molecule has 3 aromatic carbocycles. The normalized spacial score (nSPS) is 11.6. The molecule has 1 heterocycles. The lowest BCUT2D eigenvalue weighted by Gasteiger charge is -2.16. The average molecular weight is 566 g/mol. The molecule has 0 bridgehead atoms. The molecule has 204 valence electrons. The van der Waals surface area contributed by atoms with Crippen molar-refractivity contribution in [3.05, 3.63) is 118 Å². The summed E-state index contributed by atoms with van der Waals surface area (Å²) in [5.41, 5.74) is 6.14. The fourth-order valence-electron chi connectivity index (χ4n) is 3.81. The Kier molecular flexibility index (Phi) is 12.3. The van der Waals surface area contributed by atoms with Crippen molar-refractivity contribution < 1.29 is 9.53 Å². The number of imidazole rings is 1. The first kappa shape index (κ1) is 30.1. The van der Waals surface area contributed by atoms with Crippen LogP contribution in [0.4, 0.5) is 5.69 Å². The van der Waals surface area contributed by atoms with Crippen molar-refractivity contribution in [3.63, 3.8) is 0 Å². The number of hydrogen-bond donors (Lipinski definition) is 3. The third kappa shape index (κ3) is 9.37. The summed E-state index contributed by atoms with van der Waals surface area (Å²) in [7, 11) is 3.61. The van der Waals surface area contributed by atoms with Crippen molar-refractivity contribution in [2.75, 3.05) is 26.0 Å². The lowest BCUT2D eigenvalue weighted by molar-refractivity contribution is 0.0771. The minimum atomic E-state index is -0.169. The number of aldehydes is 1. The Morgan fingerprint density at radius 2 is 1.59 bits per heavy atom. The molecular formula is C31H34Cl2N4O2. The van der Waals surface area contributed by atoms with Gasteiger partial charge in [-0.1, -0.05) is 66.5 Å². The van der Waals surface area contributed by atoms with Crippen molar-refractivity contribution in [1.82, 2.24) is 15.3 Å². The highest BCUT2D eigenvalue weighted by Gasteiger charge is 2.10. The van der Waals surface area contributed by atoms with Gasteiger partial charge in [0.1, 0.15) is 18.3 Å². The topological polar surface area (TPSA) is 79.0 Å². The summed E-state index contributed by atoms with van der Waals surface area (Å²) in [5.74, 6) is 0.915. The van der Waals surface area contributed by atoms with Crippen LogP contribution in [-0.4, -0.2) is 37.0 Å². The summed E-state index contributed by atoms with van der Waals surface area (Å²) in [5, 5.41) is 7.89. The number of H-pyrrole nitrogens is 1. The number of halogens is 2. The van der Waals surface area contributed by atoms with E-state index in [1.54, 1.807) is 31.4 Å². The summed E-state index contributed by atoms with van der Waals surface area (Å²) >= 11 is 11.5. The van der Waals surface area contributed by atoms with Gasteiger partial charge in [0.15, 0.2) is 0 Å². The Hall–Kier alpha value is -3.42. The summed E-state index contributed by atoms with van der Waals surface area (Å²) in [6.45, 7) is 2.84. The van der Waals surface area contributed by atoms with Gasteiger partial charge in [0.2, 0.25) is 0 Å². The largest absolute Gasteiger partial charge is 0.388 e. The number of aromatic nitrogens is 2. The van der Waals surface area contributed by atoms with Crippen molar-refractivity contribution in [1.29, 1.82) is 0 Å². The first-order valence-electron chi connectivity index (χ1n) is 12.7. The first-order chi connectivity index (χ1) is 19.0. The molecule has 0 amide bonds. The highest BCUT2D eigenvalue weighted by atomic mass is 35.5. The van der Waals surface area contributed by atoms with Gasteiger partial charge >= 0.3 is 0 Å². The molecule has 0 radical (unpaired) electrons. The van der Waals surface area contributed by atoms with E-state index in [9.17, 15) is 4.79 Å². The van der Waals surface area contributed by atoms with Gasteiger partial charge in [0.05, 0.1) is 5.69 Å². The van der Waals surface area contributed by atoms with Gasteiger partial charge in [0, 0.05) is 59.7 Å². The smallest absolute Gasteiger partial charge is 0.150 e. The number of allylic oxidation sites excluding steroid dienone is 1. The van der Waals surface area contributed by atoms with Gasteiger partial charge in [-0.05, 0) is 60.5 Å². The molecule has 3 N–H and O–H groups in total. The van der Waals surface area contributed by atoms with Gasteiger partial charge in [-0.15, -0.1) is 0 Å². The lowest BCUT2D eigenvalue weighted by atomic mass is 10.2. The minimum absolute atomic E-state index is 0.169. The number of hydrogen-bond acceptors (Lipinski definition) is 5. The highest BCUT2D eigenvalue weighted by Crippen LogP contribution is 2.21. The number of carbonyl (C=O) groups is 1. The summed E-state index contributed by atoms with van der Waals surface area (Å²) < 4.78 is 5.54. The number of nitrogens with one attached hydrogen (secondary N) is 3. The van der Waals surface area contributed by atoms with Crippen molar-refractivity contribution in [2.45, 2.75) is 26.0 Å². The molecule has 8 heteroatoms. The molecule has 1 atom stereocenters. The SMILES string of the molecule is CCc1nc(-c2ccc(NC)cc2)[nH]c1C/C=C\CNC(OC)c1ccc(Cl)cc1.O=Cc1ccc(Cl)cc1. The average Bonchev–Trinajstić information content (AvgIpc) is 3.39. The number of aromatic amines is 1. The van der Waals surface area contributed by atoms with E-state index in [0.717, 1.165) is 58.2 Å². The zero-order chi connectivity index (χ0) is 28.0. The predicted octanol–water partition coefficient (Wildman–Crippen LogP) is 7.52. The van der Waals surface area contributed by atoms with Crippen LogP contribution in [0, 0.1) is 0 Å². The first-order valence-corrected chi connectivity index (χ1v) is 13.5. The van der Waals surface area contributed by atoms with Gasteiger partial charge in [-0.3, -0.25) is 10.1 Å². The van der Waals surface area contributed by atoms with Gasteiger partial charge in [0.25, 0.3) is 0 Å². The van der Waals surface area contributed by atoms with Gasteiger partial charge in [-0.25, -0.2) is 4.98 Å². The Labute approximate surface area is 240 Å². The fourth-order valence-corrected chi connectivity index (χ4v) is 4.07. The van der Waals surface area contributed by atoms with E-state index < -0.39 is 0 Å². The van der Waals surface area contributed by atoms with Crippen LogP contribution in [0.1, 0.15) is 40.5 Å². The number of nitrogens with zero attached hydrogens (tertiary/aromatic N) is 1. The molecule has 0 spiro atoms. The Bertz CT molecular complexity index is 1320. The molecule has 0 saturated carbocycles.